The summed E-state index contributed by atoms with van der Waals surface area (Å²) in [6.45, 7) is 3.47. The average Bonchev–Trinajstić information content (AvgIpc) is 2.44. The second-order valence-corrected chi connectivity index (χ2v) is 3.72. The smallest absolute Gasteiger partial charge is 0.345 e. The fourth-order valence-electron chi connectivity index (χ4n) is 1.29. The van der Waals surface area contributed by atoms with Gasteiger partial charge in [-0.25, -0.2) is 9.59 Å². The topological polar surface area (TPSA) is 69.7 Å². The summed E-state index contributed by atoms with van der Waals surface area (Å²) in [7, 11) is 1.23. The van der Waals surface area contributed by atoms with Gasteiger partial charge in [-0.2, -0.15) is 0 Å². The molecule has 1 aromatic rings. The summed E-state index contributed by atoms with van der Waals surface area (Å²) in [5.41, 5.74) is 0.453. The Hall–Kier alpha value is -2.43. The third-order valence-electron chi connectivity index (χ3n) is 2.32. The number of rotatable bonds is 5. The van der Waals surface area contributed by atoms with Crippen LogP contribution in [0.25, 0.3) is 0 Å². The van der Waals surface area contributed by atoms with Crippen LogP contribution in [0.15, 0.2) is 42.5 Å². The molecule has 1 aromatic carbocycles. The van der Waals surface area contributed by atoms with Crippen molar-refractivity contribution in [1.29, 1.82) is 0 Å². The van der Waals surface area contributed by atoms with E-state index in [4.69, 9.17) is 0 Å². The number of carbonyl (C=O) groups is 3. The molecule has 0 N–H and O–H groups in total. The zero-order valence-corrected chi connectivity index (χ0v) is 10.5. The van der Waals surface area contributed by atoms with Crippen molar-refractivity contribution in [3.63, 3.8) is 0 Å². The van der Waals surface area contributed by atoms with Crippen molar-refractivity contribution in [2.75, 3.05) is 7.11 Å². The number of esters is 3. The summed E-state index contributed by atoms with van der Waals surface area (Å²) in [6, 6.07) is 8.17. The predicted octanol–water partition coefficient (Wildman–Crippen LogP) is 1.88. The highest BCUT2D eigenvalue weighted by Crippen LogP contribution is 2.07. The molecule has 0 bridgehead atoms. The van der Waals surface area contributed by atoms with Gasteiger partial charge in [0.15, 0.2) is 0 Å². The number of ether oxygens (including phenoxy) is 2. The van der Waals surface area contributed by atoms with Crippen molar-refractivity contribution in [1.82, 2.24) is 0 Å². The quantitative estimate of drug-likeness (QED) is 0.460. The van der Waals surface area contributed by atoms with Crippen molar-refractivity contribution in [3.8, 4) is 0 Å². The summed E-state index contributed by atoms with van der Waals surface area (Å²) in [5.74, 6) is -2.00. The number of benzene rings is 1. The number of carbonyl (C=O) groups excluding carboxylic acids is 3. The Morgan fingerprint density at radius 2 is 1.74 bits per heavy atom. The van der Waals surface area contributed by atoms with Gasteiger partial charge in [-0.15, -0.1) is 0 Å². The zero-order chi connectivity index (χ0) is 14.3. The predicted molar refractivity (Wildman–Crippen MR) is 67.3 cm³/mol. The van der Waals surface area contributed by atoms with Crippen molar-refractivity contribution >= 4 is 17.9 Å². The Morgan fingerprint density at radius 1 is 1.11 bits per heavy atom. The molecular formula is C14H14O5. The minimum absolute atomic E-state index is 0.0908. The largest absolute Gasteiger partial charge is 0.466 e. The van der Waals surface area contributed by atoms with Crippen molar-refractivity contribution in [2.24, 2.45) is 0 Å². The fraction of sp³-hybridized carbons (Fsp3) is 0.214. The molecule has 0 saturated carbocycles. The van der Waals surface area contributed by atoms with Gasteiger partial charge in [-0.05, 0) is 18.6 Å². The maximum Gasteiger partial charge on any atom is 0.345 e. The van der Waals surface area contributed by atoms with Gasteiger partial charge in [0.2, 0.25) is 0 Å². The van der Waals surface area contributed by atoms with Gasteiger partial charge >= 0.3 is 17.9 Å². The molecule has 0 fully saturated rings. The molecule has 0 aliphatic carbocycles. The lowest BCUT2D eigenvalue weighted by Crippen LogP contribution is -2.13. The molecule has 0 atom stereocenters. The van der Waals surface area contributed by atoms with Crippen LogP contribution in [0.4, 0.5) is 0 Å². The van der Waals surface area contributed by atoms with Crippen molar-refractivity contribution < 1.29 is 23.9 Å². The number of hydrogen-bond donors (Lipinski definition) is 0. The Bertz CT molecular complexity index is 490. The third-order valence-corrected chi connectivity index (χ3v) is 2.32. The molecule has 19 heavy (non-hydrogen) atoms. The van der Waals surface area contributed by atoms with Crippen LogP contribution in [0.3, 0.4) is 0 Å². The van der Waals surface area contributed by atoms with Crippen LogP contribution in [0.1, 0.15) is 23.2 Å². The molecule has 100 valence electrons. The van der Waals surface area contributed by atoms with E-state index in [1.54, 1.807) is 30.3 Å². The van der Waals surface area contributed by atoms with E-state index in [2.05, 4.69) is 16.1 Å². The Balaban J connectivity index is 2.42. The summed E-state index contributed by atoms with van der Waals surface area (Å²) in [4.78, 5) is 34.0. The molecule has 5 nitrogen and oxygen atoms in total. The average molecular weight is 262 g/mol. The zero-order valence-electron chi connectivity index (χ0n) is 10.5. The normalized spacial score (nSPS) is 9.53. The van der Waals surface area contributed by atoms with Crippen LogP contribution in [0.2, 0.25) is 0 Å². The summed E-state index contributed by atoms with van der Waals surface area (Å²) < 4.78 is 9.07. The van der Waals surface area contributed by atoms with E-state index in [9.17, 15) is 14.4 Å². The van der Waals surface area contributed by atoms with E-state index < -0.39 is 17.9 Å². The summed E-state index contributed by atoms with van der Waals surface area (Å²) >= 11 is 0. The van der Waals surface area contributed by atoms with E-state index in [1.165, 1.54) is 7.11 Å². The van der Waals surface area contributed by atoms with Gasteiger partial charge in [-0.3, -0.25) is 4.79 Å². The minimum Gasteiger partial charge on any atom is -0.466 e. The van der Waals surface area contributed by atoms with Crippen LogP contribution in [0.5, 0.6) is 0 Å². The highest BCUT2D eigenvalue weighted by atomic mass is 16.6. The monoisotopic (exact) mass is 262 g/mol. The van der Waals surface area contributed by atoms with E-state index in [0.717, 1.165) is 0 Å². The number of methoxy groups -OCH3 is 1. The molecule has 0 aliphatic heterocycles. The van der Waals surface area contributed by atoms with Gasteiger partial charge in [0.25, 0.3) is 0 Å². The lowest BCUT2D eigenvalue weighted by atomic mass is 10.1. The first-order valence-electron chi connectivity index (χ1n) is 5.60. The molecule has 0 aliphatic rings. The second-order valence-electron chi connectivity index (χ2n) is 3.72. The Morgan fingerprint density at radius 3 is 2.32 bits per heavy atom. The van der Waals surface area contributed by atoms with Crippen LogP contribution in [0, 0.1) is 0 Å². The summed E-state index contributed by atoms with van der Waals surface area (Å²) in [5, 5.41) is 0. The minimum atomic E-state index is -0.714. The Labute approximate surface area is 110 Å². The highest BCUT2D eigenvalue weighted by Gasteiger charge is 2.14. The molecular weight excluding hydrogens is 248 g/mol. The molecule has 0 aromatic heterocycles. The van der Waals surface area contributed by atoms with Crippen LogP contribution in [-0.4, -0.2) is 25.0 Å². The standard InChI is InChI=1S/C14H14O5/c1-10(13(16)18-2)8-9-12(15)19-14(17)11-6-4-3-5-7-11/h3-7H,1,8-9H2,2H3. The van der Waals surface area contributed by atoms with Crippen molar-refractivity contribution in [3.05, 3.63) is 48.0 Å². The molecule has 0 unspecified atom stereocenters. The second kappa shape index (κ2) is 7.10. The van der Waals surface area contributed by atoms with Crippen LogP contribution < -0.4 is 0 Å². The molecule has 5 heteroatoms. The van der Waals surface area contributed by atoms with Gasteiger partial charge in [0.1, 0.15) is 0 Å². The van der Waals surface area contributed by atoms with E-state index in [0.29, 0.717) is 5.56 Å². The lowest BCUT2D eigenvalue weighted by Gasteiger charge is -2.04. The van der Waals surface area contributed by atoms with Crippen molar-refractivity contribution in [2.45, 2.75) is 12.8 Å². The lowest BCUT2D eigenvalue weighted by molar-refractivity contribution is -0.138. The van der Waals surface area contributed by atoms with Crippen LogP contribution >= 0.6 is 0 Å². The van der Waals surface area contributed by atoms with Gasteiger partial charge < -0.3 is 9.47 Å². The molecule has 0 saturated heterocycles. The van der Waals surface area contributed by atoms with Gasteiger partial charge in [0, 0.05) is 5.57 Å². The highest BCUT2D eigenvalue weighted by molar-refractivity contribution is 5.97. The van der Waals surface area contributed by atoms with E-state index in [1.807, 2.05) is 0 Å². The fourth-order valence-corrected chi connectivity index (χ4v) is 1.29. The molecule has 1 rings (SSSR count). The molecule has 0 amide bonds. The maximum atomic E-state index is 11.5. The first-order valence-corrected chi connectivity index (χ1v) is 5.60. The SMILES string of the molecule is C=C(CCC(=O)OC(=O)c1ccccc1)C(=O)OC. The Kier molecular flexibility index (Phi) is 5.47. The van der Waals surface area contributed by atoms with E-state index >= 15 is 0 Å². The molecule has 0 heterocycles. The van der Waals surface area contributed by atoms with Crippen LogP contribution in [-0.2, 0) is 19.1 Å². The molecule has 0 radical (unpaired) electrons. The van der Waals surface area contributed by atoms with Gasteiger partial charge in [-0.1, -0.05) is 24.8 Å². The molecule has 0 spiro atoms. The maximum absolute atomic E-state index is 11.5. The third kappa shape index (κ3) is 4.75. The first-order chi connectivity index (χ1) is 9.04. The summed E-state index contributed by atoms with van der Waals surface area (Å²) in [6.07, 6.45) is -0.0138. The van der Waals surface area contributed by atoms with E-state index in [-0.39, 0.29) is 18.4 Å². The first kappa shape index (κ1) is 14.6. The number of hydrogen-bond acceptors (Lipinski definition) is 5. The van der Waals surface area contributed by atoms with Gasteiger partial charge in [0.05, 0.1) is 19.1 Å².